The van der Waals surface area contributed by atoms with Crippen LogP contribution in [0.3, 0.4) is 0 Å². The number of nitrogens with two attached hydrogens (primary N) is 1. The molecule has 1 aromatic carbocycles. The topological polar surface area (TPSA) is 281 Å². The van der Waals surface area contributed by atoms with E-state index in [1.54, 1.807) is 12.1 Å². The van der Waals surface area contributed by atoms with Gasteiger partial charge in [-0.1, -0.05) is 25.5 Å². The number of thiol groups is 1. The molecule has 2 bridgehead atoms. The summed E-state index contributed by atoms with van der Waals surface area (Å²) >= 11 is 4.03. The van der Waals surface area contributed by atoms with Gasteiger partial charge in [-0.3, -0.25) is 28.8 Å². The van der Waals surface area contributed by atoms with Gasteiger partial charge in [0.1, 0.15) is 17.8 Å². The van der Waals surface area contributed by atoms with Crippen LogP contribution in [0.1, 0.15) is 70.3 Å². The van der Waals surface area contributed by atoms with Crippen molar-refractivity contribution in [3.63, 3.8) is 0 Å². The predicted molar refractivity (Wildman–Crippen MR) is 238 cm³/mol. The van der Waals surface area contributed by atoms with Crippen LogP contribution in [-0.2, 0) is 35.2 Å². The normalized spacial score (nSPS) is 21.4. The van der Waals surface area contributed by atoms with Gasteiger partial charge < -0.3 is 69.3 Å². The van der Waals surface area contributed by atoms with E-state index in [9.17, 15) is 33.9 Å². The summed E-state index contributed by atoms with van der Waals surface area (Å²) in [5.74, 6) is -1.64. The zero-order chi connectivity index (χ0) is 44.4. The van der Waals surface area contributed by atoms with Crippen molar-refractivity contribution in [3.05, 3.63) is 29.8 Å². The summed E-state index contributed by atoms with van der Waals surface area (Å²) in [5.41, 5.74) is 4.84. The molecule has 3 aliphatic rings. The van der Waals surface area contributed by atoms with Gasteiger partial charge in [-0.25, -0.2) is 0 Å². The predicted octanol–water partition coefficient (Wildman–Crippen LogP) is -2.76. The molecule has 3 saturated heterocycles. The third kappa shape index (κ3) is 20.6. The van der Waals surface area contributed by atoms with Crippen molar-refractivity contribution in [1.29, 1.82) is 0 Å². The number of unbranched alkanes of at least 4 members (excludes halogenated alkanes) is 2. The van der Waals surface area contributed by atoms with Crippen molar-refractivity contribution >= 4 is 48.1 Å². The third-order valence-electron chi connectivity index (χ3n) is 10.6. The number of amides is 6. The minimum absolute atomic E-state index is 0.0316. The molecular weight excluding hydrogens is 805 g/mol. The molecule has 2 unspecified atom stereocenters. The molecule has 1 aromatic rings. The van der Waals surface area contributed by atoms with E-state index >= 15 is 0 Å². The van der Waals surface area contributed by atoms with Crippen molar-refractivity contribution < 1.29 is 33.9 Å². The Balaban J connectivity index is 1.53. The number of benzene rings is 1. The fourth-order valence-corrected chi connectivity index (χ4v) is 7.50. The summed E-state index contributed by atoms with van der Waals surface area (Å²) in [5, 5.41) is 45.7. The standard InChI is InChI=1S/C41H72N12O7S/c1-2-7-36(57)52-40-24-43-16-19-46-27-41(28-47-20-17-44-25-40,29-48-21-18-45-26-40)53-37(58)10-6-9-35(56)50-32(22-30-11-13-31(54)14-12-30)39(60)49-15-5-3-4-8-34(55)51-33(23-61)38(42)59/h11-14,32-33,43-48,54,61H,2-10,15-29H2,1H3,(H2,42,59)(H,49,60)(H,50,56)(H,51,55)(H,52,57)(H,53,58)/t32?,33?,40-,41+. The highest BCUT2D eigenvalue weighted by atomic mass is 32.1. The summed E-state index contributed by atoms with van der Waals surface area (Å²) in [6.07, 6.45) is 3.83. The first kappa shape index (κ1) is 51.3. The van der Waals surface area contributed by atoms with Gasteiger partial charge in [0.25, 0.3) is 0 Å². The average molecular weight is 877 g/mol. The Hall–Kier alpha value is -4.05. The maximum Gasteiger partial charge on any atom is 0.242 e. The van der Waals surface area contributed by atoms with Gasteiger partial charge >= 0.3 is 0 Å². The second-order valence-corrected chi connectivity index (χ2v) is 16.5. The largest absolute Gasteiger partial charge is 0.508 e. The molecule has 0 radical (unpaired) electrons. The van der Waals surface area contributed by atoms with E-state index in [2.05, 4.69) is 71.1 Å². The summed E-state index contributed by atoms with van der Waals surface area (Å²) in [6, 6.07) is 4.69. The summed E-state index contributed by atoms with van der Waals surface area (Å²) in [7, 11) is 0. The van der Waals surface area contributed by atoms with E-state index < -0.39 is 29.1 Å². The molecule has 3 fully saturated rings. The maximum atomic E-state index is 13.5. The molecule has 20 heteroatoms. The lowest BCUT2D eigenvalue weighted by molar-refractivity contribution is -0.129. The van der Waals surface area contributed by atoms with Crippen LogP contribution in [0.15, 0.2) is 24.3 Å². The lowest BCUT2D eigenvalue weighted by Crippen LogP contribution is -2.68. The number of hydrogen-bond donors (Lipinski definition) is 14. The van der Waals surface area contributed by atoms with Gasteiger partial charge in [-0.05, 0) is 43.4 Å². The monoisotopic (exact) mass is 877 g/mol. The van der Waals surface area contributed by atoms with Crippen LogP contribution in [0.2, 0.25) is 0 Å². The Morgan fingerprint density at radius 1 is 0.639 bits per heavy atom. The van der Waals surface area contributed by atoms with Crippen LogP contribution in [0, 0.1) is 0 Å². The van der Waals surface area contributed by atoms with Crippen molar-refractivity contribution in [2.24, 2.45) is 5.73 Å². The van der Waals surface area contributed by atoms with Gasteiger partial charge in [0.15, 0.2) is 0 Å². The molecule has 61 heavy (non-hydrogen) atoms. The van der Waals surface area contributed by atoms with Crippen molar-refractivity contribution in [3.8, 4) is 5.75 Å². The quantitative estimate of drug-likeness (QED) is 0.0441. The summed E-state index contributed by atoms with van der Waals surface area (Å²) < 4.78 is 0. The van der Waals surface area contributed by atoms with Gasteiger partial charge in [0, 0.05) is 123 Å². The molecule has 6 amide bonds. The van der Waals surface area contributed by atoms with E-state index in [0.717, 1.165) is 12.0 Å². The lowest BCUT2D eigenvalue weighted by Gasteiger charge is -2.39. The third-order valence-corrected chi connectivity index (χ3v) is 10.9. The van der Waals surface area contributed by atoms with E-state index in [1.165, 1.54) is 12.1 Å². The Morgan fingerprint density at radius 2 is 1.08 bits per heavy atom. The van der Waals surface area contributed by atoms with Crippen molar-refractivity contribution in [1.82, 2.24) is 58.5 Å². The molecule has 0 spiro atoms. The van der Waals surface area contributed by atoms with Gasteiger partial charge in [-0.2, -0.15) is 12.6 Å². The highest BCUT2D eigenvalue weighted by molar-refractivity contribution is 7.80. The number of phenols is 1. The van der Waals surface area contributed by atoms with Crippen molar-refractivity contribution in [2.45, 2.75) is 94.3 Å². The molecule has 0 aliphatic carbocycles. The first-order chi connectivity index (χ1) is 29.4. The maximum absolute atomic E-state index is 13.5. The van der Waals surface area contributed by atoms with E-state index in [0.29, 0.717) is 111 Å². The van der Waals surface area contributed by atoms with Gasteiger partial charge in [-0.15, -0.1) is 0 Å². The molecule has 344 valence electrons. The first-order valence-corrected chi connectivity index (χ1v) is 22.4. The van der Waals surface area contributed by atoms with Crippen molar-refractivity contribution in [2.75, 3.05) is 90.8 Å². The Kier molecular flexibility index (Phi) is 24.0. The van der Waals surface area contributed by atoms with Crippen LogP contribution in [0.5, 0.6) is 5.75 Å². The van der Waals surface area contributed by atoms with Gasteiger partial charge in [0.2, 0.25) is 35.4 Å². The Morgan fingerprint density at radius 3 is 1.54 bits per heavy atom. The van der Waals surface area contributed by atoms with Gasteiger partial charge in [0.05, 0.1) is 11.1 Å². The number of fused-ring (bicyclic) bond motifs is 15. The molecule has 0 saturated carbocycles. The molecule has 19 nitrogen and oxygen atoms in total. The zero-order valence-corrected chi connectivity index (χ0v) is 36.8. The molecule has 0 aromatic heterocycles. The number of nitrogens with one attached hydrogen (secondary N) is 11. The zero-order valence-electron chi connectivity index (χ0n) is 35.9. The number of aromatic hydroxyl groups is 1. The van der Waals surface area contributed by atoms with Crippen LogP contribution in [0.25, 0.3) is 0 Å². The molecule has 3 heterocycles. The number of hydrogen-bond acceptors (Lipinski definition) is 14. The van der Waals surface area contributed by atoms with E-state index in [1.807, 2.05) is 6.92 Å². The van der Waals surface area contributed by atoms with E-state index in [-0.39, 0.29) is 73.1 Å². The highest BCUT2D eigenvalue weighted by Crippen LogP contribution is 2.13. The minimum atomic E-state index is -0.894. The summed E-state index contributed by atoms with van der Waals surface area (Å²) in [6.45, 7) is 9.50. The molecule has 4 rings (SSSR count). The smallest absolute Gasteiger partial charge is 0.242 e. The number of carbonyl (C=O) groups is 6. The van der Waals surface area contributed by atoms with E-state index in [4.69, 9.17) is 5.73 Å². The second kappa shape index (κ2) is 28.5. The molecule has 14 N–H and O–H groups in total. The number of rotatable bonds is 21. The van der Waals surface area contributed by atoms with Crippen LogP contribution < -0.4 is 64.2 Å². The minimum Gasteiger partial charge on any atom is -0.508 e. The number of primary amides is 1. The molecule has 3 aliphatic heterocycles. The second-order valence-electron chi connectivity index (χ2n) is 16.1. The first-order valence-electron chi connectivity index (χ1n) is 21.8. The molecular formula is C41H72N12O7S. The number of carbonyl (C=O) groups excluding carboxylic acids is 6. The van der Waals surface area contributed by atoms with Crippen LogP contribution in [-0.4, -0.2) is 155 Å². The summed E-state index contributed by atoms with van der Waals surface area (Å²) in [4.78, 5) is 76.3. The lowest BCUT2D eigenvalue weighted by atomic mass is 9.96. The Labute approximate surface area is 365 Å². The molecule has 2 atom stereocenters. The number of phenolic OH excluding ortho intramolecular Hbond substituents is 1. The fourth-order valence-electron chi connectivity index (χ4n) is 7.23. The highest BCUT2D eigenvalue weighted by Gasteiger charge is 2.34. The average Bonchev–Trinajstić information content (AvgIpc) is 3.22. The van der Waals surface area contributed by atoms with Crippen LogP contribution in [0.4, 0.5) is 0 Å². The van der Waals surface area contributed by atoms with Crippen LogP contribution >= 0.6 is 12.6 Å². The fraction of sp³-hybridized carbons (Fsp3) is 0.707. The Bertz CT molecular complexity index is 1480. The SMILES string of the molecule is CCCC(=O)N[C@]12CNCCNC[C@](NC(=O)CCCC(=O)NC(Cc3ccc(O)cc3)C(=O)NCCCCCC(=O)NC(CS)C(N)=O)(CNCCNC1)CNCCNC2.